The Balaban J connectivity index is 2.04. The third kappa shape index (κ3) is 3.17. The fourth-order valence-corrected chi connectivity index (χ4v) is 2.09. The number of hydrogen-bond donors (Lipinski definition) is 1. The first-order valence-corrected chi connectivity index (χ1v) is 6.19. The number of rotatable bonds is 4. The summed E-state index contributed by atoms with van der Waals surface area (Å²) in [5.41, 5.74) is 6.51. The highest BCUT2D eigenvalue weighted by atomic mass is 79.9. The van der Waals surface area contributed by atoms with E-state index in [4.69, 9.17) is 10.2 Å². The van der Waals surface area contributed by atoms with E-state index in [1.807, 2.05) is 12.1 Å². The Hall–Kier alpha value is -1.13. The number of furan rings is 1. The summed E-state index contributed by atoms with van der Waals surface area (Å²) in [5, 5.41) is 0. The number of benzene rings is 1. The lowest BCUT2D eigenvalue weighted by Crippen LogP contribution is -2.13. The fraction of sp³-hybridized carbons (Fsp3) is 0.231. The lowest BCUT2D eigenvalue weighted by atomic mass is 10.0. The largest absolute Gasteiger partial charge is 0.469 e. The summed E-state index contributed by atoms with van der Waals surface area (Å²) in [6.07, 6.45) is 2.99. The first-order valence-electron chi connectivity index (χ1n) is 5.39. The first-order chi connectivity index (χ1) is 8.16. The van der Waals surface area contributed by atoms with Crippen LogP contribution in [0.4, 0.5) is 4.39 Å². The van der Waals surface area contributed by atoms with Crippen molar-refractivity contribution in [1.82, 2.24) is 0 Å². The molecule has 0 fully saturated rings. The van der Waals surface area contributed by atoms with E-state index in [2.05, 4.69) is 15.9 Å². The highest BCUT2D eigenvalue weighted by Gasteiger charge is 2.12. The lowest BCUT2D eigenvalue weighted by molar-refractivity contribution is 0.482. The molecule has 0 aliphatic heterocycles. The third-order valence-electron chi connectivity index (χ3n) is 2.64. The highest BCUT2D eigenvalue weighted by molar-refractivity contribution is 9.10. The maximum absolute atomic E-state index is 13.6. The standard InChI is InChI=1S/C13H13BrFNO/c14-9-3-5-12(15)11(8-9)13(16)6-4-10-2-1-7-17-10/h1-3,5,7-8,13H,4,6,16H2. The molecule has 2 nitrogen and oxygen atoms in total. The Morgan fingerprint density at radius 2 is 2.18 bits per heavy atom. The zero-order chi connectivity index (χ0) is 12.3. The van der Waals surface area contributed by atoms with Crippen molar-refractivity contribution in [1.29, 1.82) is 0 Å². The summed E-state index contributed by atoms with van der Waals surface area (Å²) in [5.74, 6) is 0.607. The average Bonchev–Trinajstić information content (AvgIpc) is 2.82. The second-order valence-electron chi connectivity index (χ2n) is 3.89. The van der Waals surface area contributed by atoms with Crippen molar-refractivity contribution in [2.75, 3.05) is 0 Å². The maximum Gasteiger partial charge on any atom is 0.128 e. The van der Waals surface area contributed by atoms with Crippen LogP contribution >= 0.6 is 15.9 Å². The van der Waals surface area contributed by atoms with Crippen molar-refractivity contribution >= 4 is 15.9 Å². The van der Waals surface area contributed by atoms with Gasteiger partial charge >= 0.3 is 0 Å². The molecule has 90 valence electrons. The third-order valence-corrected chi connectivity index (χ3v) is 3.13. The van der Waals surface area contributed by atoms with E-state index in [-0.39, 0.29) is 11.9 Å². The van der Waals surface area contributed by atoms with Gasteiger partial charge in [0.25, 0.3) is 0 Å². The Kier molecular flexibility index (Phi) is 3.97. The van der Waals surface area contributed by atoms with Crippen LogP contribution < -0.4 is 5.73 Å². The van der Waals surface area contributed by atoms with Crippen molar-refractivity contribution in [3.8, 4) is 0 Å². The molecule has 1 aromatic heterocycles. The molecule has 0 bridgehead atoms. The van der Waals surface area contributed by atoms with Crippen molar-refractivity contribution in [2.24, 2.45) is 5.73 Å². The molecule has 17 heavy (non-hydrogen) atoms. The van der Waals surface area contributed by atoms with Gasteiger partial charge in [0.1, 0.15) is 11.6 Å². The zero-order valence-corrected chi connectivity index (χ0v) is 10.8. The molecular weight excluding hydrogens is 285 g/mol. The quantitative estimate of drug-likeness (QED) is 0.932. The van der Waals surface area contributed by atoms with Crippen molar-refractivity contribution in [3.05, 3.63) is 58.2 Å². The van der Waals surface area contributed by atoms with Crippen LogP contribution in [0.3, 0.4) is 0 Å². The smallest absolute Gasteiger partial charge is 0.128 e. The van der Waals surface area contributed by atoms with Gasteiger partial charge in [0, 0.05) is 22.5 Å². The summed E-state index contributed by atoms with van der Waals surface area (Å²) in [7, 11) is 0. The Bertz CT molecular complexity index is 484. The van der Waals surface area contributed by atoms with Crippen LogP contribution in [-0.2, 0) is 6.42 Å². The van der Waals surface area contributed by atoms with Crippen LogP contribution in [0.2, 0.25) is 0 Å². The SMILES string of the molecule is NC(CCc1ccco1)c1cc(Br)ccc1F. The summed E-state index contributed by atoms with van der Waals surface area (Å²) in [6, 6.07) is 8.22. The van der Waals surface area contributed by atoms with E-state index in [9.17, 15) is 4.39 Å². The summed E-state index contributed by atoms with van der Waals surface area (Å²) < 4.78 is 19.6. The molecule has 0 spiro atoms. The van der Waals surface area contributed by atoms with E-state index in [0.717, 1.165) is 10.2 Å². The van der Waals surface area contributed by atoms with Crippen LogP contribution in [0.5, 0.6) is 0 Å². The van der Waals surface area contributed by atoms with Crippen molar-refractivity contribution in [2.45, 2.75) is 18.9 Å². The van der Waals surface area contributed by atoms with Crippen LogP contribution in [0.25, 0.3) is 0 Å². The molecule has 1 unspecified atom stereocenters. The van der Waals surface area contributed by atoms with E-state index < -0.39 is 0 Å². The second kappa shape index (κ2) is 5.47. The maximum atomic E-state index is 13.6. The monoisotopic (exact) mass is 297 g/mol. The van der Waals surface area contributed by atoms with Crippen LogP contribution in [0.15, 0.2) is 45.5 Å². The van der Waals surface area contributed by atoms with E-state index in [0.29, 0.717) is 18.4 Å². The number of aryl methyl sites for hydroxylation is 1. The summed E-state index contributed by atoms with van der Waals surface area (Å²) in [4.78, 5) is 0. The average molecular weight is 298 g/mol. The minimum atomic E-state index is -0.322. The predicted octanol–water partition coefficient (Wildman–Crippen LogP) is 3.81. The molecule has 0 amide bonds. The van der Waals surface area contributed by atoms with Gasteiger partial charge in [-0.15, -0.1) is 0 Å². The van der Waals surface area contributed by atoms with E-state index in [1.54, 1.807) is 18.4 Å². The number of hydrogen-bond acceptors (Lipinski definition) is 2. The van der Waals surface area contributed by atoms with E-state index >= 15 is 0 Å². The van der Waals surface area contributed by atoms with Crippen LogP contribution in [-0.4, -0.2) is 0 Å². The number of halogens is 2. The Labute approximate surface area is 108 Å². The van der Waals surface area contributed by atoms with Gasteiger partial charge < -0.3 is 10.2 Å². The minimum absolute atomic E-state index is 0.264. The summed E-state index contributed by atoms with van der Waals surface area (Å²) >= 11 is 3.31. The Morgan fingerprint density at radius 3 is 2.88 bits per heavy atom. The van der Waals surface area contributed by atoms with Gasteiger partial charge in [-0.2, -0.15) is 0 Å². The van der Waals surface area contributed by atoms with Crippen LogP contribution in [0, 0.1) is 5.82 Å². The highest BCUT2D eigenvalue weighted by Crippen LogP contribution is 2.23. The van der Waals surface area contributed by atoms with Gasteiger partial charge in [0.2, 0.25) is 0 Å². The van der Waals surface area contributed by atoms with Gasteiger partial charge in [-0.3, -0.25) is 0 Å². The lowest BCUT2D eigenvalue weighted by Gasteiger charge is -2.12. The molecule has 0 aliphatic carbocycles. The van der Waals surface area contributed by atoms with Gasteiger partial charge in [0.15, 0.2) is 0 Å². The molecule has 2 N–H and O–H groups in total. The van der Waals surface area contributed by atoms with Gasteiger partial charge in [-0.1, -0.05) is 15.9 Å². The molecule has 1 aromatic carbocycles. The molecule has 0 aliphatic rings. The zero-order valence-electron chi connectivity index (χ0n) is 9.20. The van der Waals surface area contributed by atoms with Crippen LogP contribution in [0.1, 0.15) is 23.8 Å². The molecule has 0 saturated carbocycles. The predicted molar refractivity (Wildman–Crippen MR) is 68.1 cm³/mol. The van der Waals surface area contributed by atoms with Gasteiger partial charge in [-0.05, 0) is 36.8 Å². The molecule has 2 rings (SSSR count). The molecule has 0 saturated heterocycles. The molecule has 0 radical (unpaired) electrons. The molecule has 4 heteroatoms. The fourth-order valence-electron chi connectivity index (χ4n) is 1.71. The second-order valence-corrected chi connectivity index (χ2v) is 4.81. The molecule has 1 atom stereocenters. The molecule has 2 aromatic rings. The van der Waals surface area contributed by atoms with Gasteiger partial charge in [-0.25, -0.2) is 4.39 Å². The first kappa shape index (κ1) is 12.3. The topological polar surface area (TPSA) is 39.2 Å². The molecule has 1 heterocycles. The van der Waals surface area contributed by atoms with Gasteiger partial charge in [0.05, 0.1) is 6.26 Å². The molecular formula is C13H13BrFNO. The summed E-state index contributed by atoms with van der Waals surface area (Å²) in [6.45, 7) is 0. The van der Waals surface area contributed by atoms with E-state index in [1.165, 1.54) is 6.07 Å². The normalized spacial score (nSPS) is 12.6. The van der Waals surface area contributed by atoms with Crippen molar-refractivity contribution in [3.63, 3.8) is 0 Å². The Morgan fingerprint density at radius 1 is 1.35 bits per heavy atom. The minimum Gasteiger partial charge on any atom is -0.469 e. The van der Waals surface area contributed by atoms with Crippen molar-refractivity contribution < 1.29 is 8.81 Å². The number of nitrogens with two attached hydrogens (primary N) is 1.